The van der Waals surface area contributed by atoms with Gasteiger partial charge in [0.1, 0.15) is 28.4 Å². The minimum Gasteiger partial charge on any atom is -0.507 e. The Kier molecular flexibility index (Phi) is 3.68. The van der Waals surface area contributed by atoms with Gasteiger partial charge in [-0.2, -0.15) is 0 Å². The summed E-state index contributed by atoms with van der Waals surface area (Å²) in [6.07, 6.45) is 1.52. The molecule has 0 fully saturated rings. The largest absolute Gasteiger partial charge is 0.507 e. The quantitative estimate of drug-likeness (QED) is 0.697. The number of phenols is 1. The number of rotatable bonds is 2. The fourth-order valence-corrected chi connectivity index (χ4v) is 3.46. The van der Waals surface area contributed by atoms with Gasteiger partial charge in [-0.15, -0.1) is 0 Å². The molecule has 26 heavy (non-hydrogen) atoms. The molecule has 1 aromatic heterocycles. The summed E-state index contributed by atoms with van der Waals surface area (Å²) in [5.74, 6) is 1.32. The molecule has 1 aliphatic rings. The predicted octanol–water partition coefficient (Wildman–Crippen LogP) is 4.28. The van der Waals surface area contributed by atoms with Crippen molar-refractivity contribution in [2.24, 2.45) is 0 Å². The Labute approximate surface area is 150 Å². The molecule has 0 saturated carbocycles. The molecule has 0 radical (unpaired) electrons. The van der Waals surface area contributed by atoms with Gasteiger partial charge in [-0.1, -0.05) is 12.1 Å². The second kappa shape index (κ2) is 5.80. The highest BCUT2D eigenvalue weighted by Crippen LogP contribution is 2.44. The van der Waals surface area contributed by atoms with Crippen LogP contribution in [0.2, 0.25) is 0 Å². The number of aromatic hydroxyl groups is 1. The van der Waals surface area contributed by atoms with E-state index >= 15 is 0 Å². The molecule has 1 aliphatic heterocycles. The van der Waals surface area contributed by atoms with Crippen LogP contribution in [-0.4, -0.2) is 17.8 Å². The number of aryl methyl sites for hydroxylation is 1. The summed E-state index contributed by atoms with van der Waals surface area (Å²) in [5, 5.41) is 11.2. The molecule has 5 heteroatoms. The number of ether oxygens (including phenoxy) is 2. The van der Waals surface area contributed by atoms with Crippen molar-refractivity contribution in [3.63, 3.8) is 0 Å². The summed E-state index contributed by atoms with van der Waals surface area (Å²) >= 11 is 0. The number of methoxy groups -OCH3 is 1. The topological polar surface area (TPSA) is 68.9 Å². The van der Waals surface area contributed by atoms with Crippen molar-refractivity contribution in [2.75, 3.05) is 7.11 Å². The lowest BCUT2D eigenvalue weighted by atomic mass is 9.91. The van der Waals surface area contributed by atoms with Crippen LogP contribution in [0, 0.1) is 0 Å². The summed E-state index contributed by atoms with van der Waals surface area (Å²) in [7, 11) is 1.60. The van der Waals surface area contributed by atoms with Gasteiger partial charge in [0.2, 0.25) is 0 Å². The number of fused-ring (bicyclic) bond motifs is 3. The average molecular weight is 352 g/mol. The maximum Gasteiger partial charge on any atom is 0.336 e. The van der Waals surface area contributed by atoms with E-state index < -0.39 is 5.63 Å². The van der Waals surface area contributed by atoms with Gasteiger partial charge in [0.15, 0.2) is 0 Å². The van der Waals surface area contributed by atoms with E-state index in [4.69, 9.17) is 13.9 Å². The highest BCUT2D eigenvalue weighted by Gasteiger charge is 2.30. The zero-order valence-electron chi connectivity index (χ0n) is 15.0. The number of hydrogen-bond acceptors (Lipinski definition) is 5. The fourth-order valence-electron chi connectivity index (χ4n) is 3.46. The Balaban J connectivity index is 1.99. The molecular formula is C21H20O5. The average Bonchev–Trinajstić information content (AvgIpc) is 2.60. The molecule has 0 amide bonds. The first-order chi connectivity index (χ1) is 12.4. The fraction of sp³-hybridized carbons (Fsp3) is 0.286. The normalized spacial score (nSPS) is 15.3. The van der Waals surface area contributed by atoms with Gasteiger partial charge in [-0.25, -0.2) is 4.79 Å². The van der Waals surface area contributed by atoms with E-state index in [0.717, 1.165) is 23.3 Å². The molecule has 3 aromatic rings. The van der Waals surface area contributed by atoms with Crippen molar-refractivity contribution in [3.8, 4) is 28.4 Å². The lowest BCUT2D eigenvalue weighted by Crippen LogP contribution is -2.32. The number of hydrogen-bond donors (Lipinski definition) is 1. The zero-order chi connectivity index (χ0) is 18.5. The highest BCUT2D eigenvalue weighted by atomic mass is 16.5. The van der Waals surface area contributed by atoms with E-state index in [0.29, 0.717) is 28.7 Å². The van der Waals surface area contributed by atoms with Crippen LogP contribution in [0.25, 0.3) is 22.1 Å². The zero-order valence-corrected chi connectivity index (χ0v) is 15.0. The van der Waals surface area contributed by atoms with Crippen LogP contribution in [0.3, 0.4) is 0 Å². The third kappa shape index (κ3) is 2.69. The van der Waals surface area contributed by atoms with Gasteiger partial charge in [-0.05, 0) is 44.4 Å². The van der Waals surface area contributed by atoms with Gasteiger partial charge >= 0.3 is 5.63 Å². The minimum atomic E-state index is -0.457. The maximum atomic E-state index is 12.2. The van der Waals surface area contributed by atoms with Crippen LogP contribution in [0.4, 0.5) is 0 Å². The van der Waals surface area contributed by atoms with Gasteiger partial charge in [-0.3, -0.25) is 0 Å². The number of benzene rings is 2. The van der Waals surface area contributed by atoms with Gasteiger partial charge < -0.3 is 19.0 Å². The molecule has 0 aliphatic carbocycles. The Morgan fingerprint density at radius 2 is 1.88 bits per heavy atom. The van der Waals surface area contributed by atoms with Crippen molar-refractivity contribution in [1.29, 1.82) is 0 Å². The van der Waals surface area contributed by atoms with E-state index in [1.165, 1.54) is 6.07 Å². The Morgan fingerprint density at radius 3 is 2.58 bits per heavy atom. The third-order valence-corrected chi connectivity index (χ3v) is 4.82. The summed E-state index contributed by atoms with van der Waals surface area (Å²) in [5.41, 5.74) is 1.88. The smallest absolute Gasteiger partial charge is 0.336 e. The van der Waals surface area contributed by atoms with Gasteiger partial charge in [0.25, 0.3) is 0 Å². The van der Waals surface area contributed by atoms with Gasteiger partial charge in [0.05, 0.1) is 12.5 Å². The van der Waals surface area contributed by atoms with Crippen LogP contribution < -0.4 is 15.1 Å². The molecule has 4 rings (SSSR count). The Hall–Kier alpha value is -2.95. The van der Waals surface area contributed by atoms with Crippen molar-refractivity contribution >= 4 is 11.0 Å². The van der Waals surface area contributed by atoms with E-state index in [1.54, 1.807) is 13.2 Å². The maximum absolute atomic E-state index is 12.2. The molecule has 0 bridgehead atoms. The molecule has 5 nitrogen and oxygen atoms in total. The second-order valence-electron chi connectivity index (χ2n) is 7.15. The first-order valence-corrected chi connectivity index (χ1v) is 8.54. The van der Waals surface area contributed by atoms with Crippen molar-refractivity contribution < 1.29 is 19.0 Å². The predicted molar refractivity (Wildman–Crippen MR) is 99.2 cm³/mol. The summed E-state index contributed by atoms with van der Waals surface area (Å²) in [6.45, 7) is 4.00. The summed E-state index contributed by atoms with van der Waals surface area (Å²) in [4.78, 5) is 12.2. The third-order valence-electron chi connectivity index (χ3n) is 4.82. The molecule has 1 N–H and O–H groups in total. The molecule has 134 valence electrons. The summed E-state index contributed by atoms with van der Waals surface area (Å²) in [6, 6.07) is 10.4. The van der Waals surface area contributed by atoms with Crippen LogP contribution in [0.15, 0.2) is 45.6 Å². The van der Waals surface area contributed by atoms with Crippen molar-refractivity contribution in [2.45, 2.75) is 32.3 Å². The highest BCUT2D eigenvalue weighted by molar-refractivity contribution is 6.00. The SMILES string of the molecule is COc1ccc(-c2cc(=O)oc3c4c(cc(O)c23)OC(C)(C)CC4)cc1. The van der Waals surface area contributed by atoms with Crippen LogP contribution in [0.1, 0.15) is 25.8 Å². The molecule has 0 spiro atoms. The van der Waals surface area contributed by atoms with Gasteiger partial charge in [0, 0.05) is 23.3 Å². The molecule has 2 aromatic carbocycles. The Morgan fingerprint density at radius 1 is 1.15 bits per heavy atom. The van der Waals surface area contributed by atoms with Crippen molar-refractivity contribution in [3.05, 3.63) is 52.4 Å². The lowest BCUT2D eigenvalue weighted by molar-refractivity contribution is 0.0846. The molecule has 0 unspecified atom stereocenters. The monoisotopic (exact) mass is 352 g/mol. The van der Waals surface area contributed by atoms with Crippen LogP contribution >= 0.6 is 0 Å². The molecule has 2 heterocycles. The van der Waals surface area contributed by atoms with E-state index in [2.05, 4.69) is 0 Å². The molecule has 0 atom stereocenters. The van der Waals surface area contributed by atoms with E-state index in [1.807, 2.05) is 38.1 Å². The van der Waals surface area contributed by atoms with Crippen LogP contribution in [0.5, 0.6) is 17.2 Å². The molecule has 0 saturated heterocycles. The van der Waals surface area contributed by atoms with E-state index in [-0.39, 0.29) is 11.4 Å². The standard InChI is InChI=1S/C21H20O5/c1-21(2)9-8-14-17(26-21)11-16(22)19-15(10-18(23)25-20(14)19)12-4-6-13(24-3)7-5-12/h4-7,10-11,22H,8-9H2,1-3H3. The number of phenolic OH excluding ortho intramolecular Hbond substituents is 1. The van der Waals surface area contributed by atoms with Crippen molar-refractivity contribution in [1.82, 2.24) is 0 Å². The van der Waals surface area contributed by atoms with Crippen LogP contribution in [-0.2, 0) is 6.42 Å². The lowest BCUT2D eigenvalue weighted by Gasteiger charge is -2.33. The first-order valence-electron chi connectivity index (χ1n) is 8.54. The first kappa shape index (κ1) is 16.5. The van der Waals surface area contributed by atoms with E-state index in [9.17, 15) is 9.90 Å². The molecular weight excluding hydrogens is 332 g/mol. The minimum absolute atomic E-state index is 0.0334. The second-order valence-corrected chi connectivity index (χ2v) is 7.15. The Bertz CT molecular complexity index is 1040. The summed E-state index contributed by atoms with van der Waals surface area (Å²) < 4.78 is 16.7.